The number of rotatable bonds is 5. The largest absolute Gasteiger partial charge is 0.573 e. The average Bonchev–Trinajstić information content (AvgIpc) is 2.81. The SMILES string of the molecule is CCCCc1ccc(C2CCc3cc(C#Cc4ccc(OC(F)(F)F)cc4)ccc3C2)cc1. The first kappa shape index (κ1) is 23.0. The van der Waals surface area contributed by atoms with Crippen LogP contribution in [0.5, 0.6) is 5.75 Å². The van der Waals surface area contributed by atoms with Gasteiger partial charge in [-0.1, -0.05) is 55.5 Å². The topological polar surface area (TPSA) is 9.23 Å². The number of hydrogen-bond acceptors (Lipinski definition) is 1. The van der Waals surface area contributed by atoms with Crippen LogP contribution in [0.3, 0.4) is 0 Å². The highest BCUT2D eigenvalue weighted by molar-refractivity contribution is 5.47. The summed E-state index contributed by atoms with van der Waals surface area (Å²) in [5, 5.41) is 0. The lowest BCUT2D eigenvalue weighted by Crippen LogP contribution is -2.16. The maximum absolute atomic E-state index is 12.3. The molecule has 0 heterocycles. The summed E-state index contributed by atoms with van der Waals surface area (Å²) in [6, 6.07) is 21.1. The van der Waals surface area contributed by atoms with E-state index in [1.807, 2.05) is 6.07 Å². The molecule has 1 aliphatic carbocycles. The Labute approximate surface area is 193 Å². The normalized spacial score (nSPS) is 15.3. The van der Waals surface area contributed by atoms with Gasteiger partial charge in [0, 0.05) is 11.1 Å². The van der Waals surface area contributed by atoms with E-state index >= 15 is 0 Å². The Kier molecular flexibility index (Phi) is 7.08. The van der Waals surface area contributed by atoms with Crippen molar-refractivity contribution in [3.63, 3.8) is 0 Å². The van der Waals surface area contributed by atoms with Gasteiger partial charge in [0.05, 0.1) is 0 Å². The van der Waals surface area contributed by atoms with Gasteiger partial charge in [-0.05, 0) is 96.7 Å². The smallest absolute Gasteiger partial charge is 0.406 e. The van der Waals surface area contributed by atoms with Crippen LogP contribution < -0.4 is 4.74 Å². The van der Waals surface area contributed by atoms with Gasteiger partial charge in [-0.3, -0.25) is 0 Å². The first-order valence-electron chi connectivity index (χ1n) is 11.5. The number of alkyl halides is 3. The van der Waals surface area contributed by atoms with Crippen LogP contribution in [0, 0.1) is 11.8 Å². The van der Waals surface area contributed by atoms with Crippen LogP contribution in [0.4, 0.5) is 13.2 Å². The van der Waals surface area contributed by atoms with Gasteiger partial charge in [-0.15, -0.1) is 13.2 Å². The monoisotopic (exact) mass is 448 g/mol. The average molecular weight is 449 g/mol. The van der Waals surface area contributed by atoms with Gasteiger partial charge in [0.1, 0.15) is 5.75 Å². The third-order valence-electron chi connectivity index (χ3n) is 6.14. The van der Waals surface area contributed by atoms with Crippen molar-refractivity contribution in [1.29, 1.82) is 0 Å². The van der Waals surface area contributed by atoms with E-state index in [-0.39, 0.29) is 5.75 Å². The van der Waals surface area contributed by atoms with Crippen molar-refractivity contribution in [1.82, 2.24) is 0 Å². The second-order valence-electron chi connectivity index (χ2n) is 8.59. The zero-order valence-corrected chi connectivity index (χ0v) is 18.7. The Bertz CT molecular complexity index is 1130. The van der Waals surface area contributed by atoms with Gasteiger partial charge in [-0.2, -0.15) is 0 Å². The van der Waals surface area contributed by atoms with E-state index in [9.17, 15) is 13.2 Å². The van der Waals surface area contributed by atoms with E-state index in [4.69, 9.17) is 0 Å². The molecule has 1 atom stereocenters. The van der Waals surface area contributed by atoms with Crippen LogP contribution in [-0.4, -0.2) is 6.36 Å². The standard InChI is InChI=1S/C29H27F3O/c1-2-3-4-21-7-12-24(13-8-21)26-16-15-25-19-23(9-14-27(25)20-26)6-5-22-10-17-28(18-11-22)33-29(30,31)32/h7-14,17-19,26H,2-4,15-16,20H2,1H3. The van der Waals surface area contributed by atoms with E-state index in [0.29, 0.717) is 11.5 Å². The molecule has 1 aliphatic rings. The number of hydrogen-bond donors (Lipinski definition) is 0. The van der Waals surface area contributed by atoms with E-state index in [1.165, 1.54) is 59.4 Å². The van der Waals surface area contributed by atoms with Crippen molar-refractivity contribution in [3.8, 4) is 17.6 Å². The van der Waals surface area contributed by atoms with Crippen molar-refractivity contribution in [2.45, 2.75) is 57.7 Å². The molecule has 0 aliphatic heterocycles. The van der Waals surface area contributed by atoms with Crippen LogP contribution in [0.25, 0.3) is 0 Å². The Morgan fingerprint density at radius 2 is 1.58 bits per heavy atom. The van der Waals surface area contributed by atoms with E-state index in [1.54, 1.807) is 0 Å². The molecule has 4 heteroatoms. The lowest BCUT2D eigenvalue weighted by Gasteiger charge is -2.25. The molecule has 170 valence electrons. The van der Waals surface area contributed by atoms with Crippen molar-refractivity contribution < 1.29 is 17.9 Å². The number of unbranched alkanes of at least 4 members (excludes halogenated alkanes) is 1. The molecule has 4 rings (SSSR count). The van der Waals surface area contributed by atoms with Gasteiger partial charge < -0.3 is 4.74 Å². The molecule has 0 bridgehead atoms. The predicted octanol–water partition coefficient (Wildman–Crippen LogP) is 7.60. The highest BCUT2D eigenvalue weighted by Gasteiger charge is 2.30. The molecule has 0 fully saturated rings. The molecule has 1 nitrogen and oxygen atoms in total. The molecule has 0 spiro atoms. The third-order valence-corrected chi connectivity index (χ3v) is 6.14. The van der Waals surface area contributed by atoms with Crippen LogP contribution in [0.1, 0.15) is 65.5 Å². The predicted molar refractivity (Wildman–Crippen MR) is 125 cm³/mol. The zero-order chi connectivity index (χ0) is 23.3. The summed E-state index contributed by atoms with van der Waals surface area (Å²) in [4.78, 5) is 0. The molecule has 0 radical (unpaired) electrons. The fraction of sp³-hybridized carbons (Fsp3) is 0.310. The minimum atomic E-state index is -4.69. The lowest BCUT2D eigenvalue weighted by molar-refractivity contribution is -0.274. The van der Waals surface area contributed by atoms with Gasteiger partial charge in [-0.25, -0.2) is 0 Å². The number of ether oxygens (including phenoxy) is 1. The molecular formula is C29H27F3O. The van der Waals surface area contributed by atoms with Gasteiger partial charge in [0.15, 0.2) is 0 Å². The molecule has 0 aromatic heterocycles. The molecule has 0 saturated heterocycles. The minimum absolute atomic E-state index is 0.244. The molecular weight excluding hydrogens is 421 g/mol. The van der Waals surface area contributed by atoms with E-state index < -0.39 is 6.36 Å². The maximum atomic E-state index is 12.3. The Balaban J connectivity index is 1.40. The van der Waals surface area contributed by atoms with Crippen LogP contribution in [0.2, 0.25) is 0 Å². The summed E-state index contributed by atoms with van der Waals surface area (Å²) in [5.74, 6) is 6.46. The number of fused-ring (bicyclic) bond motifs is 1. The van der Waals surface area contributed by atoms with Crippen LogP contribution in [-0.2, 0) is 19.3 Å². The van der Waals surface area contributed by atoms with Gasteiger partial charge in [0.25, 0.3) is 0 Å². The highest BCUT2D eigenvalue weighted by Crippen LogP contribution is 2.33. The molecule has 0 N–H and O–H groups in total. The maximum Gasteiger partial charge on any atom is 0.573 e. The van der Waals surface area contributed by atoms with Crippen LogP contribution >= 0.6 is 0 Å². The van der Waals surface area contributed by atoms with Crippen molar-refractivity contribution >= 4 is 0 Å². The fourth-order valence-electron chi connectivity index (χ4n) is 4.34. The lowest BCUT2D eigenvalue weighted by atomic mass is 9.79. The Morgan fingerprint density at radius 1 is 0.879 bits per heavy atom. The summed E-state index contributed by atoms with van der Waals surface area (Å²) in [6.45, 7) is 2.22. The Morgan fingerprint density at radius 3 is 2.27 bits per heavy atom. The van der Waals surface area contributed by atoms with Crippen molar-refractivity contribution in [2.24, 2.45) is 0 Å². The molecule has 1 unspecified atom stereocenters. The van der Waals surface area contributed by atoms with Crippen molar-refractivity contribution in [3.05, 3.63) is 100 Å². The molecule has 0 amide bonds. The first-order valence-corrected chi connectivity index (χ1v) is 11.5. The summed E-state index contributed by atoms with van der Waals surface area (Å²) in [5.41, 5.74) is 7.12. The van der Waals surface area contributed by atoms with E-state index in [2.05, 4.69) is 59.9 Å². The first-order chi connectivity index (χ1) is 15.9. The summed E-state index contributed by atoms with van der Waals surface area (Å²) < 4.78 is 40.7. The summed E-state index contributed by atoms with van der Waals surface area (Å²) in [6.07, 6.45) is 2.11. The second-order valence-corrected chi connectivity index (χ2v) is 8.59. The minimum Gasteiger partial charge on any atom is -0.406 e. The van der Waals surface area contributed by atoms with Gasteiger partial charge in [0.2, 0.25) is 0 Å². The summed E-state index contributed by atoms with van der Waals surface area (Å²) in [7, 11) is 0. The summed E-state index contributed by atoms with van der Waals surface area (Å²) >= 11 is 0. The van der Waals surface area contributed by atoms with Crippen molar-refractivity contribution in [2.75, 3.05) is 0 Å². The van der Waals surface area contributed by atoms with Gasteiger partial charge >= 0.3 is 6.36 Å². The van der Waals surface area contributed by atoms with Crippen LogP contribution in [0.15, 0.2) is 66.7 Å². The Hall–Kier alpha value is -3.19. The fourth-order valence-corrected chi connectivity index (χ4v) is 4.34. The van der Waals surface area contributed by atoms with E-state index in [0.717, 1.165) is 31.2 Å². The second kappa shape index (κ2) is 10.2. The number of benzene rings is 3. The number of aryl methyl sites for hydroxylation is 2. The molecule has 33 heavy (non-hydrogen) atoms. The molecule has 3 aromatic carbocycles. The third kappa shape index (κ3) is 6.42. The molecule has 0 saturated carbocycles. The molecule has 3 aromatic rings. The quantitative estimate of drug-likeness (QED) is 0.365. The number of halogens is 3. The highest BCUT2D eigenvalue weighted by atomic mass is 19.4. The zero-order valence-electron chi connectivity index (χ0n) is 18.7.